The van der Waals surface area contributed by atoms with E-state index in [1.165, 1.54) is 18.3 Å². The van der Waals surface area contributed by atoms with Crippen LogP contribution in [-0.4, -0.2) is 22.6 Å². The lowest BCUT2D eigenvalue weighted by Crippen LogP contribution is -2.14. The van der Waals surface area contributed by atoms with Gasteiger partial charge in [-0.05, 0) is 42.7 Å². The zero-order valence-corrected chi connectivity index (χ0v) is 10.8. The van der Waals surface area contributed by atoms with E-state index in [2.05, 4.69) is 10.3 Å². The molecule has 0 saturated heterocycles. The second-order valence-corrected chi connectivity index (χ2v) is 4.32. The summed E-state index contributed by atoms with van der Waals surface area (Å²) in [4.78, 5) is 15.4. The van der Waals surface area contributed by atoms with Gasteiger partial charge in [0, 0.05) is 18.5 Å². The average molecular weight is 274 g/mol. The van der Waals surface area contributed by atoms with E-state index in [4.69, 9.17) is 5.11 Å². The number of pyridine rings is 1. The van der Waals surface area contributed by atoms with Crippen LogP contribution in [0, 0.1) is 5.95 Å². The molecule has 1 heterocycles. The molecule has 1 amide bonds. The third-order valence-electron chi connectivity index (χ3n) is 2.81. The molecule has 0 atom stereocenters. The SMILES string of the molecule is O=C(Nc1cccc(CCCO)c1)c1cccnc1F. The Morgan fingerprint density at radius 2 is 2.15 bits per heavy atom. The largest absolute Gasteiger partial charge is 0.396 e. The first-order valence-electron chi connectivity index (χ1n) is 6.32. The fraction of sp³-hybridized carbons (Fsp3) is 0.200. The molecule has 5 heteroatoms. The van der Waals surface area contributed by atoms with Crippen LogP contribution in [0.15, 0.2) is 42.6 Å². The van der Waals surface area contributed by atoms with Gasteiger partial charge in [-0.1, -0.05) is 12.1 Å². The highest BCUT2D eigenvalue weighted by Crippen LogP contribution is 2.14. The van der Waals surface area contributed by atoms with Crippen LogP contribution in [0.25, 0.3) is 0 Å². The Kier molecular flexibility index (Phi) is 4.79. The van der Waals surface area contributed by atoms with Crippen LogP contribution in [0.2, 0.25) is 0 Å². The topological polar surface area (TPSA) is 62.2 Å². The van der Waals surface area contributed by atoms with Crippen LogP contribution in [0.4, 0.5) is 10.1 Å². The van der Waals surface area contributed by atoms with E-state index < -0.39 is 11.9 Å². The van der Waals surface area contributed by atoms with Gasteiger partial charge in [0.25, 0.3) is 5.91 Å². The molecule has 0 fully saturated rings. The van der Waals surface area contributed by atoms with E-state index in [0.717, 1.165) is 12.0 Å². The number of amides is 1. The van der Waals surface area contributed by atoms with Crippen molar-refractivity contribution in [3.8, 4) is 0 Å². The van der Waals surface area contributed by atoms with Crippen molar-refractivity contribution in [3.05, 3.63) is 59.7 Å². The van der Waals surface area contributed by atoms with E-state index in [0.29, 0.717) is 12.1 Å². The second kappa shape index (κ2) is 6.77. The minimum absolute atomic E-state index is 0.0896. The van der Waals surface area contributed by atoms with Gasteiger partial charge in [-0.2, -0.15) is 4.39 Å². The molecule has 1 aromatic carbocycles. The summed E-state index contributed by atoms with van der Waals surface area (Å²) in [5.74, 6) is -1.32. The summed E-state index contributed by atoms with van der Waals surface area (Å²) in [6.45, 7) is 0.123. The number of hydrogen-bond acceptors (Lipinski definition) is 3. The summed E-state index contributed by atoms with van der Waals surface area (Å²) in [6.07, 6.45) is 2.68. The van der Waals surface area contributed by atoms with Crippen molar-refractivity contribution < 1.29 is 14.3 Å². The summed E-state index contributed by atoms with van der Waals surface area (Å²) in [5.41, 5.74) is 1.51. The van der Waals surface area contributed by atoms with Crippen molar-refractivity contribution in [1.29, 1.82) is 0 Å². The fourth-order valence-corrected chi connectivity index (χ4v) is 1.84. The van der Waals surface area contributed by atoms with Crippen LogP contribution in [0.5, 0.6) is 0 Å². The summed E-state index contributed by atoms with van der Waals surface area (Å²) in [7, 11) is 0. The van der Waals surface area contributed by atoms with Gasteiger partial charge in [0.05, 0.1) is 5.56 Å². The summed E-state index contributed by atoms with van der Waals surface area (Å²) in [5, 5.41) is 11.4. The highest BCUT2D eigenvalue weighted by Gasteiger charge is 2.12. The molecule has 0 aliphatic heterocycles. The van der Waals surface area contributed by atoms with Crippen LogP contribution in [0.1, 0.15) is 22.3 Å². The Balaban J connectivity index is 2.10. The van der Waals surface area contributed by atoms with E-state index in [9.17, 15) is 9.18 Å². The monoisotopic (exact) mass is 274 g/mol. The van der Waals surface area contributed by atoms with Crippen LogP contribution < -0.4 is 5.32 Å². The second-order valence-electron chi connectivity index (χ2n) is 4.32. The number of benzene rings is 1. The first kappa shape index (κ1) is 14.1. The van der Waals surface area contributed by atoms with Crippen molar-refractivity contribution in [2.24, 2.45) is 0 Å². The predicted octanol–water partition coefficient (Wildman–Crippen LogP) is 2.40. The van der Waals surface area contributed by atoms with E-state index >= 15 is 0 Å². The van der Waals surface area contributed by atoms with Crippen LogP contribution in [-0.2, 0) is 6.42 Å². The maximum atomic E-state index is 13.4. The lowest BCUT2D eigenvalue weighted by atomic mass is 10.1. The van der Waals surface area contributed by atoms with Crippen molar-refractivity contribution >= 4 is 11.6 Å². The Hall–Kier alpha value is -2.27. The molecular weight excluding hydrogens is 259 g/mol. The van der Waals surface area contributed by atoms with Crippen molar-refractivity contribution in [2.45, 2.75) is 12.8 Å². The maximum Gasteiger partial charge on any atom is 0.260 e. The van der Waals surface area contributed by atoms with Gasteiger partial charge in [0.2, 0.25) is 5.95 Å². The molecule has 2 rings (SSSR count). The van der Waals surface area contributed by atoms with Crippen molar-refractivity contribution in [2.75, 3.05) is 11.9 Å². The molecule has 0 radical (unpaired) electrons. The first-order valence-corrected chi connectivity index (χ1v) is 6.32. The Morgan fingerprint density at radius 1 is 1.30 bits per heavy atom. The Bertz CT molecular complexity index is 602. The number of nitrogens with one attached hydrogen (secondary N) is 1. The minimum atomic E-state index is -0.790. The smallest absolute Gasteiger partial charge is 0.260 e. The average Bonchev–Trinajstić information content (AvgIpc) is 2.46. The molecular formula is C15H15FN2O2. The molecule has 2 aromatic rings. The zero-order valence-electron chi connectivity index (χ0n) is 10.8. The molecule has 104 valence electrons. The van der Waals surface area contributed by atoms with Gasteiger partial charge in [0.1, 0.15) is 0 Å². The number of nitrogens with zero attached hydrogens (tertiary/aromatic N) is 1. The number of halogens is 1. The summed E-state index contributed by atoms with van der Waals surface area (Å²) < 4.78 is 13.4. The van der Waals surface area contributed by atoms with Gasteiger partial charge >= 0.3 is 0 Å². The quantitative estimate of drug-likeness (QED) is 0.823. The van der Waals surface area contributed by atoms with Crippen molar-refractivity contribution in [1.82, 2.24) is 4.98 Å². The lowest BCUT2D eigenvalue weighted by molar-refractivity contribution is 0.102. The van der Waals surface area contributed by atoms with E-state index in [1.807, 2.05) is 18.2 Å². The van der Waals surface area contributed by atoms with Crippen LogP contribution >= 0.6 is 0 Å². The maximum absolute atomic E-state index is 13.4. The zero-order chi connectivity index (χ0) is 14.4. The van der Waals surface area contributed by atoms with Gasteiger partial charge in [-0.3, -0.25) is 4.79 Å². The standard InChI is InChI=1S/C15H15FN2O2/c16-14-13(7-2-8-17-14)15(20)18-12-6-1-4-11(10-12)5-3-9-19/h1-2,4,6-8,10,19H,3,5,9H2,(H,18,20). The summed E-state index contributed by atoms with van der Waals surface area (Å²) >= 11 is 0. The molecule has 0 unspecified atom stereocenters. The predicted molar refractivity (Wildman–Crippen MR) is 74.0 cm³/mol. The number of anilines is 1. The molecule has 0 aliphatic rings. The normalized spacial score (nSPS) is 10.3. The van der Waals surface area contributed by atoms with Gasteiger partial charge < -0.3 is 10.4 Å². The van der Waals surface area contributed by atoms with E-state index in [1.54, 1.807) is 6.07 Å². The number of rotatable bonds is 5. The molecule has 2 N–H and O–H groups in total. The highest BCUT2D eigenvalue weighted by molar-refractivity contribution is 6.04. The number of carbonyl (C=O) groups excluding carboxylic acids is 1. The lowest BCUT2D eigenvalue weighted by Gasteiger charge is -2.07. The Labute approximate surface area is 116 Å². The highest BCUT2D eigenvalue weighted by atomic mass is 19.1. The van der Waals surface area contributed by atoms with Gasteiger partial charge in [-0.15, -0.1) is 0 Å². The van der Waals surface area contributed by atoms with Gasteiger partial charge in [-0.25, -0.2) is 4.98 Å². The third-order valence-corrected chi connectivity index (χ3v) is 2.81. The number of hydrogen-bond donors (Lipinski definition) is 2. The fourth-order valence-electron chi connectivity index (χ4n) is 1.84. The molecule has 0 spiro atoms. The first-order chi connectivity index (χ1) is 9.70. The number of aromatic nitrogens is 1. The molecule has 0 aliphatic carbocycles. The van der Waals surface area contributed by atoms with E-state index in [-0.39, 0.29) is 12.2 Å². The molecule has 0 bridgehead atoms. The molecule has 0 saturated carbocycles. The molecule has 20 heavy (non-hydrogen) atoms. The van der Waals surface area contributed by atoms with Crippen molar-refractivity contribution in [3.63, 3.8) is 0 Å². The molecule has 4 nitrogen and oxygen atoms in total. The van der Waals surface area contributed by atoms with Gasteiger partial charge in [0.15, 0.2) is 0 Å². The number of carbonyl (C=O) groups is 1. The summed E-state index contributed by atoms with van der Waals surface area (Å²) in [6, 6.07) is 10.2. The third kappa shape index (κ3) is 3.61. The molecule has 1 aromatic heterocycles. The van der Waals surface area contributed by atoms with Crippen LogP contribution in [0.3, 0.4) is 0 Å². The number of aliphatic hydroxyl groups is 1. The Morgan fingerprint density at radius 3 is 2.90 bits per heavy atom. The number of aryl methyl sites for hydroxylation is 1. The number of aliphatic hydroxyl groups excluding tert-OH is 1. The minimum Gasteiger partial charge on any atom is -0.396 e.